The van der Waals surface area contributed by atoms with Gasteiger partial charge < -0.3 is 30.0 Å². The lowest BCUT2D eigenvalue weighted by Crippen LogP contribution is -2.51. The number of aliphatic carboxylic acids is 1. The van der Waals surface area contributed by atoms with Gasteiger partial charge in [-0.25, -0.2) is 4.79 Å². The monoisotopic (exact) mass is 627 g/mol. The number of hydrogen-bond acceptors (Lipinski definition) is 7. The molecule has 0 spiro atoms. The number of ether oxygens (including phenoxy) is 3. The molecule has 2 amide bonds. The van der Waals surface area contributed by atoms with Crippen molar-refractivity contribution in [1.82, 2.24) is 10.3 Å². The van der Waals surface area contributed by atoms with Gasteiger partial charge in [0.05, 0.1) is 15.7 Å². The van der Waals surface area contributed by atoms with E-state index in [1.165, 1.54) is 12.4 Å². The van der Waals surface area contributed by atoms with Crippen LogP contribution in [0.4, 0.5) is 5.69 Å². The lowest BCUT2D eigenvalue weighted by atomic mass is 10.0. The predicted octanol–water partition coefficient (Wildman–Crippen LogP) is 4.77. The number of pyridine rings is 1. The van der Waals surface area contributed by atoms with Crippen molar-refractivity contribution in [2.45, 2.75) is 31.3 Å². The summed E-state index contributed by atoms with van der Waals surface area (Å²) < 4.78 is 16.3. The van der Waals surface area contributed by atoms with E-state index in [1.54, 1.807) is 42.5 Å². The summed E-state index contributed by atoms with van der Waals surface area (Å²) in [6.45, 7) is -0.212. The Kier molecular flexibility index (Phi) is 10.1. The number of halogens is 4. The highest BCUT2D eigenvalue weighted by Crippen LogP contribution is 2.30. The second-order valence-corrected chi connectivity index (χ2v) is 10.1. The molecule has 40 heavy (non-hydrogen) atoms. The molecule has 0 radical (unpaired) electrons. The topological polar surface area (TPSA) is 136 Å². The van der Waals surface area contributed by atoms with Gasteiger partial charge in [0.15, 0.2) is 12.2 Å². The van der Waals surface area contributed by atoms with Crippen molar-refractivity contribution in [3.05, 3.63) is 86.1 Å². The molecule has 10 nitrogen and oxygen atoms in total. The number of carbonyl (C=O) groups excluding carboxylic acids is 2. The van der Waals surface area contributed by atoms with E-state index in [2.05, 4.69) is 15.6 Å². The predicted molar refractivity (Wildman–Crippen MR) is 148 cm³/mol. The molecule has 3 aromatic rings. The second kappa shape index (κ2) is 13.5. The number of nitrogens with one attached hydrogen (secondary N) is 2. The van der Waals surface area contributed by atoms with E-state index in [0.29, 0.717) is 26.9 Å². The van der Waals surface area contributed by atoms with Crippen molar-refractivity contribution in [2.24, 2.45) is 0 Å². The first kappa shape index (κ1) is 29.9. The van der Waals surface area contributed by atoms with Crippen LogP contribution < -0.4 is 15.4 Å². The lowest BCUT2D eigenvalue weighted by molar-refractivity contribution is -0.144. The summed E-state index contributed by atoms with van der Waals surface area (Å²) in [5.41, 5.74) is 1.33. The summed E-state index contributed by atoms with van der Waals surface area (Å²) in [6, 6.07) is 10.5. The van der Waals surface area contributed by atoms with Crippen LogP contribution in [-0.4, -0.2) is 52.9 Å². The SMILES string of the molecule is O=C(O)C(Cc1ccc(OCc2c(Cl)cccc2Cl)cc1)NC(=O)[C@@H]1OCO[C@H]1C(=O)Nc1c(Cl)cncc1Cl. The zero-order chi connectivity index (χ0) is 28.8. The number of rotatable bonds is 10. The Morgan fingerprint density at radius 2 is 1.52 bits per heavy atom. The molecule has 0 aliphatic carbocycles. The number of nitrogens with zero attached hydrogens (tertiary/aromatic N) is 1. The van der Waals surface area contributed by atoms with E-state index >= 15 is 0 Å². The smallest absolute Gasteiger partial charge is 0.326 e. The standard InChI is InChI=1S/C26H21Cl4N3O7/c27-16-2-1-3-17(28)15(16)11-38-14-6-4-13(5-7-14)8-20(26(36)37)32-24(34)22-23(40-12-39-22)25(35)33-21-18(29)9-31-10-19(21)30/h1-7,9-10,20,22-23H,8,11-12H2,(H,32,34)(H,36,37)(H,31,33,35)/t20?,22-,23-/m1/s1. The van der Waals surface area contributed by atoms with E-state index in [1.807, 2.05) is 0 Å². The van der Waals surface area contributed by atoms with Crippen molar-refractivity contribution in [2.75, 3.05) is 12.1 Å². The third kappa shape index (κ3) is 7.34. The minimum absolute atomic E-state index is 0.0512. The molecule has 14 heteroatoms. The van der Waals surface area contributed by atoms with E-state index in [-0.39, 0.29) is 35.6 Å². The Morgan fingerprint density at radius 3 is 2.12 bits per heavy atom. The van der Waals surface area contributed by atoms with Crippen LogP contribution in [-0.2, 0) is 36.9 Å². The van der Waals surface area contributed by atoms with E-state index < -0.39 is 36.0 Å². The molecule has 4 rings (SSSR count). The minimum atomic E-state index is -1.41. The van der Waals surface area contributed by atoms with Gasteiger partial charge in [-0.05, 0) is 29.8 Å². The molecule has 1 aliphatic rings. The Morgan fingerprint density at radius 1 is 0.925 bits per heavy atom. The van der Waals surface area contributed by atoms with Crippen LogP contribution in [0.5, 0.6) is 5.75 Å². The summed E-state index contributed by atoms with van der Waals surface area (Å²) in [5.74, 6) is -2.37. The summed E-state index contributed by atoms with van der Waals surface area (Å²) in [5, 5.41) is 15.7. The first-order valence-corrected chi connectivity index (χ1v) is 13.2. The van der Waals surface area contributed by atoms with E-state index in [9.17, 15) is 19.5 Å². The largest absolute Gasteiger partial charge is 0.489 e. The van der Waals surface area contributed by atoms with Crippen LogP contribution in [0.15, 0.2) is 54.9 Å². The molecule has 1 aliphatic heterocycles. The number of amides is 2. The molecule has 0 bridgehead atoms. The summed E-state index contributed by atoms with van der Waals surface area (Å²) in [4.78, 5) is 41.4. The number of anilines is 1. The maximum absolute atomic E-state index is 12.9. The van der Waals surface area contributed by atoms with Crippen molar-refractivity contribution in [3.8, 4) is 5.75 Å². The van der Waals surface area contributed by atoms with E-state index in [4.69, 9.17) is 60.6 Å². The first-order chi connectivity index (χ1) is 19.1. The molecule has 3 atom stereocenters. The van der Waals surface area contributed by atoms with Crippen LogP contribution >= 0.6 is 46.4 Å². The zero-order valence-electron chi connectivity index (χ0n) is 20.4. The molecule has 3 N–H and O–H groups in total. The number of carboxylic acid groups (broad SMARTS) is 1. The van der Waals surface area contributed by atoms with Crippen LogP contribution in [0.25, 0.3) is 0 Å². The van der Waals surface area contributed by atoms with Crippen molar-refractivity contribution < 1.29 is 33.7 Å². The zero-order valence-corrected chi connectivity index (χ0v) is 23.4. The molecular weight excluding hydrogens is 608 g/mol. The Bertz CT molecular complexity index is 1370. The molecule has 210 valence electrons. The number of carbonyl (C=O) groups is 3. The van der Waals surface area contributed by atoms with Gasteiger partial charge in [0.1, 0.15) is 25.2 Å². The molecule has 2 heterocycles. The third-order valence-corrected chi connectivity index (χ3v) is 7.09. The van der Waals surface area contributed by atoms with Crippen LogP contribution in [0, 0.1) is 0 Å². The van der Waals surface area contributed by atoms with Gasteiger partial charge in [-0.2, -0.15) is 0 Å². The van der Waals surface area contributed by atoms with Crippen LogP contribution in [0.3, 0.4) is 0 Å². The molecule has 0 saturated carbocycles. The number of carboxylic acids is 1. The lowest BCUT2D eigenvalue weighted by Gasteiger charge is -2.20. The quantitative estimate of drug-likeness (QED) is 0.292. The third-order valence-electron chi connectivity index (χ3n) is 5.81. The second-order valence-electron chi connectivity index (χ2n) is 8.50. The molecule has 2 aromatic carbocycles. The van der Waals surface area contributed by atoms with Crippen LogP contribution in [0.2, 0.25) is 20.1 Å². The Balaban J connectivity index is 1.36. The molecule has 1 unspecified atom stereocenters. The van der Waals surface area contributed by atoms with Crippen molar-refractivity contribution in [1.29, 1.82) is 0 Å². The fraction of sp³-hybridized carbons (Fsp3) is 0.231. The summed E-state index contributed by atoms with van der Waals surface area (Å²) in [7, 11) is 0. The van der Waals surface area contributed by atoms with Gasteiger partial charge in [-0.15, -0.1) is 0 Å². The Labute approximate surface area is 248 Å². The van der Waals surface area contributed by atoms with Gasteiger partial charge in [0.2, 0.25) is 0 Å². The van der Waals surface area contributed by atoms with E-state index in [0.717, 1.165) is 0 Å². The molecular formula is C26H21Cl4N3O7. The van der Waals surface area contributed by atoms with Gasteiger partial charge in [0.25, 0.3) is 11.8 Å². The maximum atomic E-state index is 12.9. The normalized spacial score (nSPS) is 17.2. The van der Waals surface area contributed by atoms with Crippen molar-refractivity contribution >= 4 is 69.9 Å². The van der Waals surface area contributed by atoms with Gasteiger partial charge in [-0.3, -0.25) is 14.6 Å². The molecule has 1 fully saturated rings. The molecule has 1 aromatic heterocycles. The number of benzene rings is 2. The highest BCUT2D eigenvalue weighted by molar-refractivity contribution is 6.39. The van der Waals surface area contributed by atoms with Gasteiger partial charge >= 0.3 is 5.97 Å². The minimum Gasteiger partial charge on any atom is -0.489 e. The highest BCUT2D eigenvalue weighted by atomic mass is 35.5. The summed E-state index contributed by atoms with van der Waals surface area (Å²) >= 11 is 24.4. The Hall–Kier alpha value is -3.12. The fourth-order valence-corrected chi connectivity index (χ4v) is 4.71. The average Bonchev–Trinajstić information content (AvgIpc) is 3.41. The fourth-order valence-electron chi connectivity index (χ4n) is 3.75. The number of aromatic nitrogens is 1. The summed E-state index contributed by atoms with van der Waals surface area (Å²) in [6.07, 6.45) is -0.274. The van der Waals surface area contributed by atoms with Crippen LogP contribution in [0.1, 0.15) is 11.1 Å². The molecule has 1 saturated heterocycles. The van der Waals surface area contributed by atoms with Crippen molar-refractivity contribution in [3.63, 3.8) is 0 Å². The maximum Gasteiger partial charge on any atom is 0.326 e. The average molecular weight is 629 g/mol. The highest BCUT2D eigenvalue weighted by Gasteiger charge is 2.42. The van der Waals surface area contributed by atoms with Gasteiger partial charge in [0, 0.05) is 34.4 Å². The first-order valence-electron chi connectivity index (χ1n) is 11.6. The number of hydrogen-bond donors (Lipinski definition) is 3. The van der Waals surface area contributed by atoms with Gasteiger partial charge in [-0.1, -0.05) is 64.6 Å².